The van der Waals surface area contributed by atoms with Crippen molar-refractivity contribution in [2.24, 2.45) is 23.7 Å². The lowest BCUT2D eigenvalue weighted by atomic mass is 9.71. The SMILES string of the molecule is C=C(Cc1ccc([C@H]2OCC(=C)C(CC3CC=CC3C)C2CC)cc1)c1ccc2c(c1)CCC2. The van der Waals surface area contributed by atoms with Gasteiger partial charge < -0.3 is 4.74 Å². The average molecular weight is 453 g/mol. The summed E-state index contributed by atoms with van der Waals surface area (Å²) in [6.07, 6.45) is 13.1. The van der Waals surface area contributed by atoms with E-state index >= 15 is 0 Å². The quantitative estimate of drug-likeness (QED) is 0.384. The van der Waals surface area contributed by atoms with Crippen molar-refractivity contribution in [2.75, 3.05) is 6.61 Å². The molecule has 1 aliphatic heterocycles. The molecule has 2 aromatic carbocycles. The Bertz CT molecular complexity index is 1070. The molecule has 0 aromatic heterocycles. The van der Waals surface area contributed by atoms with Crippen LogP contribution in [0, 0.1) is 23.7 Å². The van der Waals surface area contributed by atoms with E-state index in [0.29, 0.717) is 24.4 Å². The van der Waals surface area contributed by atoms with Crippen molar-refractivity contribution in [1.29, 1.82) is 0 Å². The number of ether oxygens (including phenoxy) is 1. The molecule has 0 saturated carbocycles. The molecule has 0 radical (unpaired) electrons. The van der Waals surface area contributed by atoms with Gasteiger partial charge in [0.25, 0.3) is 0 Å². The van der Waals surface area contributed by atoms with Gasteiger partial charge in [-0.15, -0.1) is 0 Å². The van der Waals surface area contributed by atoms with Crippen LogP contribution in [0.2, 0.25) is 0 Å². The number of allylic oxidation sites excluding steroid dienone is 3. The zero-order chi connectivity index (χ0) is 23.7. The van der Waals surface area contributed by atoms with E-state index in [-0.39, 0.29) is 6.10 Å². The van der Waals surface area contributed by atoms with E-state index in [9.17, 15) is 0 Å². The van der Waals surface area contributed by atoms with Crippen LogP contribution in [0.3, 0.4) is 0 Å². The summed E-state index contributed by atoms with van der Waals surface area (Å²) in [5, 5.41) is 0. The summed E-state index contributed by atoms with van der Waals surface area (Å²) in [6, 6.07) is 16.1. The molecule has 2 aromatic rings. The van der Waals surface area contributed by atoms with Crippen LogP contribution < -0.4 is 0 Å². The fourth-order valence-electron chi connectivity index (χ4n) is 6.57. The third kappa shape index (κ3) is 4.73. The van der Waals surface area contributed by atoms with Crippen molar-refractivity contribution in [3.05, 3.63) is 101 Å². The first-order valence-electron chi connectivity index (χ1n) is 13.4. The van der Waals surface area contributed by atoms with Gasteiger partial charge in [-0.25, -0.2) is 0 Å². The molecule has 0 bridgehead atoms. The van der Waals surface area contributed by atoms with Crippen LogP contribution in [0.15, 0.2) is 73.3 Å². The molecule has 34 heavy (non-hydrogen) atoms. The van der Waals surface area contributed by atoms with Gasteiger partial charge in [-0.05, 0) is 108 Å². The lowest BCUT2D eigenvalue weighted by Crippen LogP contribution is -2.34. The molecular formula is C33H40O. The molecule has 5 rings (SSSR count). The molecular weight excluding hydrogens is 412 g/mol. The molecule has 1 saturated heterocycles. The minimum atomic E-state index is 0.166. The smallest absolute Gasteiger partial charge is 0.0863 e. The number of benzene rings is 2. The highest BCUT2D eigenvalue weighted by atomic mass is 16.5. The zero-order valence-electron chi connectivity index (χ0n) is 21.1. The molecule has 1 heteroatoms. The number of fused-ring (bicyclic) bond motifs is 1. The molecule has 3 aliphatic rings. The van der Waals surface area contributed by atoms with Gasteiger partial charge in [0.15, 0.2) is 0 Å². The zero-order valence-corrected chi connectivity index (χ0v) is 21.1. The Morgan fingerprint density at radius 3 is 2.59 bits per heavy atom. The molecule has 5 atom stereocenters. The second-order valence-electron chi connectivity index (χ2n) is 10.9. The van der Waals surface area contributed by atoms with Crippen LogP contribution in [0.4, 0.5) is 0 Å². The largest absolute Gasteiger partial charge is 0.369 e. The number of hydrogen-bond acceptors (Lipinski definition) is 1. The first-order chi connectivity index (χ1) is 16.5. The van der Waals surface area contributed by atoms with Gasteiger partial charge in [0.2, 0.25) is 0 Å². The highest BCUT2D eigenvalue weighted by Crippen LogP contribution is 2.46. The van der Waals surface area contributed by atoms with Gasteiger partial charge in [-0.3, -0.25) is 0 Å². The first kappa shape index (κ1) is 23.4. The van der Waals surface area contributed by atoms with Crippen molar-refractivity contribution >= 4 is 5.57 Å². The monoisotopic (exact) mass is 452 g/mol. The molecule has 4 unspecified atom stereocenters. The second kappa shape index (κ2) is 10.1. The van der Waals surface area contributed by atoms with E-state index in [2.05, 4.69) is 81.6 Å². The summed E-state index contributed by atoms with van der Waals surface area (Å²) in [5.74, 6) is 2.49. The van der Waals surface area contributed by atoms with Crippen LogP contribution in [-0.4, -0.2) is 6.61 Å². The summed E-state index contributed by atoms with van der Waals surface area (Å²) < 4.78 is 6.40. The Balaban J connectivity index is 1.27. The minimum Gasteiger partial charge on any atom is -0.369 e. The normalized spacial score (nSPS) is 28.3. The summed E-state index contributed by atoms with van der Waals surface area (Å²) >= 11 is 0. The lowest BCUT2D eigenvalue weighted by Gasteiger charge is -2.41. The fraction of sp³-hybridized carbons (Fsp3) is 0.455. The van der Waals surface area contributed by atoms with Crippen LogP contribution in [0.1, 0.15) is 73.5 Å². The lowest BCUT2D eigenvalue weighted by molar-refractivity contribution is -0.0337. The van der Waals surface area contributed by atoms with Crippen molar-refractivity contribution < 1.29 is 4.74 Å². The summed E-state index contributed by atoms with van der Waals surface area (Å²) in [6.45, 7) is 14.2. The predicted molar refractivity (Wildman–Crippen MR) is 144 cm³/mol. The van der Waals surface area contributed by atoms with Crippen molar-refractivity contribution in [3.63, 3.8) is 0 Å². The Hall–Kier alpha value is -2.38. The van der Waals surface area contributed by atoms with Gasteiger partial charge in [-0.1, -0.05) is 81.6 Å². The maximum absolute atomic E-state index is 6.40. The van der Waals surface area contributed by atoms with Gasteiger partial charge in [0, 0.05) is 0 Å². The maximum Gasteiger partial charge on any atom is 0.0863 e. The Labute approximate surface area is 206 Å². The molecule has 178 valence electrons. The van der Waals surface area contributed by atoms with E-state index in [0.717, 1.165) is 18.8 Å². The Morgan fingerprint density at radius 1 is 1.06 bits per heavy atom. The van der Waals surface area contributed by atoms with E-state index in [1.54, 1.807) is 0 Å². The summed E-state index contributed by atoms with van der Waals surface area (Å²) in [4.78, 5) is 0. The number of aryl methyl sites for hydroxylation is 2. The first-order valence-corrected chi connectivity index (χ1v) is 13.4. The standard InChI is InChI=1S/C33H40O/c1-5-31-32(20-28-10-6-8-22(28)2)24(4)21-34-33(31)27-14-12-25(13-15-27)18-23(3)29-17-16-26-9-7-11-30(26)19-29/h6,8,12-17,19,22,28,31-33H,3-5,7,9-11,18,20-21H2,1-2H3/t22?,28?,31?,32?,33-/m1/s1. The average Bonchev–Trinajstić information content (AvgIpc) is 3.49. The molecule has 1 fully saturated rings. The molecule has 1 heterocycles. The summed E-state index contributed by atoms with van der Waals surface area (Å²) in [7, 11) is 0. The third-order valence-electron chi connectivity index (χ3n) is 8.76. The highest BCUT2D eigenvalue weighted by Gasteiger charge is 2.38. The van der Waals surface area contributed by atoms with Gasteiger partial charge in [0.05, 0.1) is 12.7 Å². The Kier molecular flexibility index (Phi) is 6.93. The van der Waals surface area contributed by atoms with E-state index in [1.165, 1.54) is 71.1 Å². The van der Waals surface area contributed by atoms with Crippen molar-refractivity contribution in [3.8, 4) is 0 Å². The number of hydrogen-bond donors (Lipinski definition) is 0. The summed E-state index contributed by atoms with van der Waals surface area (Å²) in [5.41, 5.74) is 9.48. The molecule has 0 amide bonds. The molecule has 0 N–H and O–H groups in total. The molecule has 0 spiro atoms. The topological polar surface area (TPSA) is 9.23 Å². The Morgan fingerprint density at radius 2 is 1.85 bits per heavy atom. The second-order valence-corrected chi connectivity index (χ2v) is 10.9. The van der Waals surface area contributed by atoms with E-state index in [1.807, 2.05) is 0 Å². The molecule has 1 nitrogen and oxygen atoms in total. The van der Waals surface area contributed by atoms with Gasteiger partial charge in [-0.2, -0.15) is 0 Å². The number of rotatable bonds is 7. The fourth-order valence-corrected chi connectivity index (χ4v) is 6.57. The highest BCUT2D eigenvalue weighted by molar-refractivity contribution is 5.67. The van der Waals surface area contributed by atoms with Gasteiger partial charge in [0.1, 0.15) is 0 Å². The van der Waals surface area contributed by atoms with E-state index in [4.69, 9.17) is 4.74 Å². The maximum atomic E-state index is 6.40. The molecule has 2 aliphatic carbocycles. The van der Waals surface area contributed by atoms with Crippen molar-refractivity contribution in [2.45, 2.75) is 64.9 Å². The van der Waals surface area contributed by atoms with Crippen LogP contribution in [0.5, 0.6) is 0 Å². The van der Waals surface area contributed by atoms with Crippen LogP contribution in [-0.2, 0) is 24.0 Å². The third-order valence-corrected chi connectivity index (χ3v) is 8.76. The van der Waals surface area contributed by atoms with Crippen LogP contribution in [0.25, 0.3) is 5.57 Å². The predicted octanol–water partition coefficient (Wildman–Crippen LogP) is 8.30. The van der Waals surface area contributed by atoms with E-state index < -0.39 is 0 Å². The minimum absolute atomic E-state index is 0.166. The van der Waals surface area contributed by atoms with Crippen molar-refractivity contribution in [1.82, 2.24) is 0 Å². The van der Waals surface area contributed by atoms with Crippen LogP contribution >= 0.6 is 0 Å². The van der Waals surface area contributed by atoms with Gasteiger partial charge >= 0.3 is 0 Å².